The first-order valence-electron chi connectivity index (χ1n) is 6.91. The van der Waals surface area contributed by atoms with Crippen molar-refractivity contribution in [2.45, 2.75) is 44.2 Å². The van der Waals surface area contributed by atoms with E-state index >= 15 is 0 Å². The maximum atomic E-state index is 6.24. The van der Waals surface area contributed by atoms with Gasteiger partial charge in [-0.2, -0.15) is 0 Å². The fraction of sp³-hybridized carbons (Fsp3) is 0.600. The number of nitrogens with two attached hydrogens (primary N) is 1. The third-order valence-corrected chi connectivity index (χ3v) is 4.29. The number of benzene rings is 1. The van der Waals surface area contributed by atoms with Gasteiger partial charge in [0, 0.05) is 12.6 Å². The van der Waals surface area contributed by atoms with Crippen molar-refractivity contribution in [3.63, 3.8) is 0 Å². The maximum absolute atomic E-state index is 6.24. The Bertz CT molecular complexity index is 405. The zero-order valence-corrected chi connectivity index (χ0v) is 13.0. The summed E-state index contributed by atoms with van der Waals surface area (Å²) < 4.78 is 11.8. The fourth-order valence-electron chi connectivity index (χ4n) is 2.52. The van der Waals surface area contributed by atoms with E-state index in [1.54, 1.807) is 7.11 Å². The molecule has 0 bridgehead atoms. The molecule has 3 nitrogen and oxygen atoms in total. The lowest BCUT2D eigenvalue weighted by Crippen LogP contribution is -2.12. The van der Waals surface area contributed by atoms with E-state index in [0.717, 1.165) is 41.7 Å². The Kier molecular flexibility index (Phi) is 5.67. The number of hydrogen-bond acceptors (Lipinski definition) is 3. The van der Waals surface area contributed by atoms with Gasteiger partial charge >= 0.3 is 0 Å². The lowest BCUT2D eigenvalue weighted by atomic mass is 10.00. The van der Waals surface area contributed by atoms with Crippen LogP contribution >= 0.6 is 15.9 Å². The molecule has 0 saturated carbocycles. The van der Waals surface area contributed by atoms with Crippen LogP contribution in [-0.4, -0.2) is 19.8 Å². The van der Waals surface area contributed by atoms with Crippen molar-refractivity contribution < 1.29 is 9.47 Å². The van der Waals surface area contributed by atoms with Crippen LogP contribution in [-0.2, 0) is 4.74 Å². The van der Waals surface area contributed by atoms with Gasteiger partial charge in [0.1, 0.15) is 5.75 Å². The lowest BCUT2D eigenvalue weighted by Gasteiger charge is -2.15. The normalized spacial score (nSPS) is 20.5. The van der Waals surface area contributed by atoms with E-state index < -0.39 is 0 Å². The first kappa shape index (κ1) is 14.8. The summed E-state index contributed by atoms with van der Waals surface area (Å²) in [6.07, 6.45) is 6.14. The molecule has 106 valence electrons. The Morgan fingerprint density at radius 2 is 2.37 bits per heavy atom. The van der Waals surface area contributed by atoms with Gasteiger partial charge in [-0.25, -0.2) is 0 Å². The SMILES string of the molecule is COc1ccc(C(N)CCCC2CCCO2)cc1Br. The van der Waals surface area contributed by atoms with Gasteiger partial charge in [-0.15, -0.1) is 0 Å². The average molecular weight is 328 g/mol. The fourth-order valence-corrected chi connectivity index (χ4v) is 3.08. The molecule has 2 rings (SSSR count). The van der Waals surface area contributed by atoms with Gasteiger partial charge in [-0.3, -0.25) is 0 Å². The molecule has 1 aliphatic heterocycles. The predicted octanol–water partition coefficient (Wildman–Crippen LogP) is 3.81. The molecule has 0 radical (unpaired) electrons. The van der Waals surface area contributed by atoms with Gasteiger partial charge in [-0.05, 0) is 65.7 Å². The summed E-state index contributed by atoms with van der Waals surface area (Å²) in [5.41, 5.74) is 7.39. The topological polar surface area (TPSA) is 44.5 Å². The van der Waals surface area contributed by atoms with E-state index in [4.69, 9.17) is 15.2 Å². The molecule has 1 aliphatic rings. The van der Waals surface area contributed by atoms with E-state index in [2.05, 4.69) is 22.0 Å². The second kappa shape index (κ2) is 7.27. The molecule has 4 heteroatoms. The van der Waals surface area contributed by atoms with Crippen LogP contribution in [0.4, 0.5) is 0 Å². The highest BCUT2D eigenvalue weighted by atomic mass is 79.9. The van der Waals surface area contributed by atoms with Gasteiger partial charge in [0.15, 0.2) is 0 Å². The van der Waals surface area contributed by atoms with Crippen LogP contribution < -0.4 is 10.5 Å². The zero-order valence-electron chi connectivity index (χ0n) is 11.4. The molecule has 2 N–H and O–H groups in total. The summed E-state index contributed by atoms with van der Waals surface area (Å²) in [7, 11) is 1.67. The van der Waals surface area contributed by atoms with E-state index in [1.807, 2.05) is 12.1 Å². The van der Waals surface area contributed by atoms with Crippen LogP contribution in [0.15, 0.2) is 22.7 Å². The van der Waals surface area contributed by atoms with E-state index in [0.29, 0.717) is 6.10 Å². The second-order valence-electron chi connectivity index (χ2n) is 5.07. The molecule has 0 aliphatic carbocycles. The van der Waals surface area contributed by atoms with E-state index in [-0.39, 0.29) is 6.04 Å². The van der Waals surface area contributed by atoms with Crippen molar-refractivity contribution in [2.24, 2.45) is 5.73 Å². The maximum Gasteiger partial charge on any atom is 0.133 e. The van der Waals surface area contributed by atoms with Gasteiger partial charge in [-0.1, -0.05) is 6.07 Å². The first-order valence-corrected chi connectivity index (χ1v) is 7.70. The highest BCUT2D eigenvalue weighted by Gasteiger charge is 2.16. The Labute approximate surface area is 123 Å². The Balaban J connectivity index is 1.81. The molecular weight excluding hydrogens is 306 g/mol. The predicted molar refractivity (Wildman–Crippen MR) is 80.4 cm³/mol. The summed E-state index contributed by atoms with van der Waals surface area (Å²) in [5.74, 6) is 0.843. The molecular formula is C15H22BrNO2. The number of hydrogen-bond donors (Lipinski definition) is 1. The van der Waals surface area contributed by atoms with E-state index in [9.17, 15) is 0 Å². The summed E-state index contributed by atoms with van der Waals surface area (Å²) in [5, 5.41) is 0. The van der Waals surface area contributed by atoms with E-state index in [1.165, 1.54) is 12.8 Å². The Hall–Kier alpha value is -0.580. The van der Waals surface area contributed by atoms with Crippen molar-refractivity contribution in [2.75, 3.05) is 13.7 Å². The minimum atomic E-state index is 0.0867. The van der Waals surface area contributed by atoms with Crippen LogP contribution in [0.3, 0.4) is 0 Å². The smallest absolute Gasteiger partial charge is 0.133 e. The third-order valence-electron chi connectivity index (χ3n) is 3.67. The molecule has 0 aromatic heterocycles. The van der Waals surface area contributed by atoms with Gasteiger partial charge < -0.3 is 15.2 Å². The highest BCUT2D eigenvalue weighted by molar-refractivity contribution is 9.10. The summed E-state index contributed by atoms with van der Waals surface area (Å²) in [6.45, 7) is 0.933. The molecule has 19 heavy (non-hydrogen) atoms. The van der Waals surface area contributed by atoms with Crippen molar-refractivity contribution in [3.8, 4) is 5.75 Å². The molecule has 2 unspecified atom stereocenters. The summed E-state index contributed by atoms with van der Waals surface area (Å²) in [4.78, 5) is 0. The average Bonchev–Trinajstić information content (AvgIpc) is 2.91. The minimum Gasteiger partial charge on any atom is -0.496 e. The van der Waals surface area contributed by atoms with Gasteiger partial charge in [0.05, 0.1) is 17.7 Å². The minimum absolute atomic E-state index is 0.0867. The van der Waals surface area contributed by atoms with Gasteiger partial charge in [0.2, 0.25) is 0 Å². The van der Waals surface area contributed by atoms with Crippen molar-refractivity contribution in [1.29, 1.82) is 0 Å². The number of halogens is 1. The third kappa shape index (κ3) is 4.20. The van der Waals surface area contributed by atoms with Crippen molar-refractivity contribution in [1.82, 2.24) is 0 Å². The molecule has 1 aromatic rings. The van der Waals surface area contributed by atoms with Crippen LogP contribution in [0.2, 0.25) is 0 Å². The van der Waals surface area contributed by atoms with Crippen LogP contribution in [0.25, 0.3) is 0 Å². The first-order chi connectivity index (χ1) is 9.20. The largest absolute Gasteiger partial charge is 0.496 e. The Morgan fingerprint density at radius 3 is 3.00 bits per heavy atom. The van der Waals surface area contributed by atoms with Crippen LogP contribution in [0.5, 0.6) is 5.75 Å². The molecule has 0 amide bonds. The Morgan fingerprint density at radius 1 is 1.53 bits per heavy atom. The zero-order chi connectivity index (χ0) is 13.7. The molecule has 1 heterocycles. The second-order valence-corrected chi connectivity index (χ2v) is 5.92. The number of rotatable bonds is 6. The molecule has 1 saturated heterocycles. The van der Waals surface area contributed by atoms with Crippen molar-refractivity contribution >= 4 is 15.9 Å². The lowest BCUT2D eigenvalue weighted by molar-refractivity contribution is 0.101. The van der Waals surface area contributed by atoms with Gasteiger partial charge in [0.25, 0.3) is 0 Å². The summed E-state index contributed by atoms with van der Waals surface area (Å²) in [6, 6.07) is 6.14. The molecule has 1 aromatic carbocycles. The standard InChI is InChI=1S/C15H22BrNO2/c1-18-15-8-7-11(10-13(15)16)14(17)6-2-4-12-5-3-9-19-12/h7-8,10,12,14H,2-6,9,17H2,1H3. The molecule has 1 fully saturated rings. The van der Waals surface area contributed by atoms with Crippen LogP contribution in [0.1, 0.15) is 43.7 Å². The van der Waals surface area contributed by atoms with Crippen LogP contribution in [0, 0.1) is 0 Å². The monoisotopic (exact) mass is 327 g/mol. The quantitative estimate of drug-likeness (QED) is 0.864. The number of ether oxygens (including phenoxy) is 2. The molecule has 0 spiro atoms. The van der Waals surface area contributed by atoms with Crippen molar-refractivity contribution in [3.05, 3.63) is 28.2 Å². The highest BCUT2D eigenvalue weighted by Crippen LogP contribution is 2.29. The molecule has 2 atom stereocenters. The summed E-state index contributed by atoms with van der Waals surface area (Å²) >= 11 is 3.50. The number of methoxy groups -OCH3 is 1.